The normalized spacial score (nSPS) is 15.7. The van der Waals surface area contributed by atoms with E-state index in [1.807, 2.05) is 6.07 Å². The van der Waals surface area contributed by atoms with E-state index in [0.717, 1.165) is 31.1 Å². The molecule has 1 aliphatic heterocycles. The van der Waals surface area contributed by atoms with Gasteiger partial charge in [0.15, 0.2) is 0 Å². The van der Waals surface area contributed by atoms with Crippen LogP contribution in [0.5, 0.6) is 0 Å². The molecule has 0 N–H and O–H groups in total. The second-order valence-corrected chi connectivity index (χ2v) is 8.94. The van der Waals surface area contributed by atoms with Crippen molar-refractivity contribution in [3.05, 3.63) is 53.1 Å². The smallest absolute Gasteiger partial charge is 0.272 e. The second kappa shape index (κ2) is 7.72. The molecule has 0 unspecified atom stereocenters. The van der Waals surface area contributed by atoms with Crippen molar-refractivity contribution in [3.8, 4) is 0 Å². The Balaban J connectivity index is 1.67. The van der Waals surface area contributed by atoms with E-state index < -0.39 is 9.84 Å². The Hall–Kier alpha value is -2.35. The maximum atomic E-state index is 13.3. The van der Waals surface area contributed by atoms with Gasteiger partial charge in [-0.3, -0.25) is 4.79 Å². The van der Waals surface area contributed by atoms with Gasteiger partial charge in [-0.15, -0.1) is 0 Å². The number of carbonyl (C=O) groups excluding carboxylic acids is 1. The molecule has 0 bridgehead atoms. The van der Waals surface area contributed by atoms with Crippen molar-refractivity contribution in [1.29, 1.82) is 0 Å². The van der Waals surface area contributed by atoms with Crippen LogP contribution in [0, 0.1) is 18.7 Å². The molecule has 2 heterocycles. The molecule has 2 aromatic rings. The number of hydrogen-bond donors (Lipinski definition) is 0. The average Bonchev–Trinajstić information content (AvgIpc) is 2.61. The van der Waals surface area contributed by atoms with Gasteiger partial charge in [-0.2, -0.15) is 0 Å². The predicted molar refractivity (Wildman–Crippen MR) is 98.6 cm³/mol. The number of rotatable bonds is 4. The summed E-state index contributed by atoms with van der Waals surface area (Å²) < 4.78 is 36.6. The fourth-order valence-corrected chi connectivity index (χ4v) is 3.81. The molecule has 0 spiro atoms. The standard InChI is InChI=1S/C19H22FN3O3S/c1-13-12-21-19(27(2,25)26)22-17(13)18(24)23-8-6-14(7-9-23)10-15-4-3-5-16(20)11-15/h3-5,11-12,14H,6-10H2,1-2H3. The number of nitrogens with zero attached hydrogens (tertiary/aromatic N) is 3. The first-order chi connectivity index (χ1) is 12.7. The van der Waals surface area contributed by atoms with Gasteiger partial charge in [0.1, 0.15) is 11.5 Å². The van der Waals surface area contributed by atoms with Crippen LogP contribution in [-0.4, -0.2) is 48.5 Å². The van der Waals surface area contributed by atoms with E-state index in [2.05, 4.69) is 9.97 Å². The van der Waals surface area contributed by atoms with Crippen LogP contribution in [0.25, 0.3) is 0 Å². The highest BCUT2D eigenvalue weighted by Gasteiger charge is 2.27. The monoisotopic (exact) mass is 391 g/mol. The Morgan fingerprint density at radius 3 is 2.63 bits per heavy atom. The summed E-state index contributed by atoms with van der Waals surface area (Å²) >= 11 is 0. The van der Waals surface area contributed by atoms with E-state index in [4.69, 9.17) is 0 Å². The molecule has 1 amide bonds. The number of benzene rings is 1. The van der Waals surface area contributed by atoms with Crippen molar-refractivity contribution in [2.75, 3.05) is 19.3 Å². The van der Waals surface area contributed by atoms with Crippen LogP contribution in [0.3, 0.4) is 0 Å². The topological polar surface area (TPSA) is 80.2 Å². The van der Waals surface area contributed by atoms with E-state index in [-0.39, 0.29) is 22.6 Å². The number of amides is 1. The van der Waals surface area contributed by atoms with Crippen LogP contribution in [0.2, 0.25) is 0 Å². The fraction of sp³-hybridized carbons (Fsp3) is 0.421. The quantitative estimate of drug-likeness (QED) is 0.748. The minimum atomic E-state index is -3.58. The van der Waals surface area contributed by atoms with Crippen LogP contribution in [-0.2, 0) is 16.3 Å². The van der Waals surface area contributed by atoms with Gasteiger partial charge in [0.2, 0.25) is 15.0 Å². The summed E-state index contributed by atoms with van der Waals surface area (Å²) in [6.45, 7) is 2.82. The zero-order valence-corrected chi connectivity index (χ0v) is 16.2. The molecule has 0 atom stereocenters. The van der Waals surface area contributed by atoms with Crippen molar-refractivity contribution in [2.24, 2.45) is 5.92 Å². The van der Waals surface area contributed by atoms with Gasteiger partial charge in [-0.05, 0) is 55.4 Å². The Kier molecular flexibility index (Phi) is 5.55. The molecule has 3 rings (SSSR count). The van der Waals surface area contributed by atoms with Gasteiger partial charge in [-0.1, -0.05) is 12.1 Å². The number of likely N-dealkylation sites (tertiary alicyclic amines) is 1. The molecule has 1 saturated heterocycles. The summed E-state index contributed by atoms with van der Waals surface area (Å²) in [5, 5.41) is -0.336. The average molecular weight is 391 g/mol. The maximum Gasteiger partial charge on any atom is 0.272 e. The molecule has 0 radical (unpaired) electrons. The lowest BCUT2D eigenvalue weighted by Gasteiger charge is -2.32. The SMILES string of the molecule is Cc1cnc(S(C)(=O)=O)nc1C(=O)N1CCC(Cc2cccc(F)c2)CC1. The number of carbonyl (C=O) groups is 1. The third-order valence-corrected chi connectivity index (χ3v) is 5.66. The van der Waals surface area contributed by atoms with Gasteiger partial charge in [-0.25, -0.2) is 22.8 Å². The lowest BCUT2D eigenvalue weighted by molar-refractivity contribution is 0.0682. The van der Waals surface area contributed by atoms with E-state index >= 15 is 0 Å². The van der Waals surface area contributed by atoms with Gasteiger partial charge >= 0.3 is 0 Å². The third kappa shape index (κ3) is 4.68. The molecule has 1 aromatic carbocycles. The molecule has 1 aromatic heterocycles. The maximum absolute atomic E-state index is 13.3. The van der Waals surface area contributed by atoms with Gasteiger partial charge in [0.25, 0.3) is 5.91 Å². The number of hydrogen-bond acceptors (Lipinski definition) is 5. The molecular formula is C19H22FN3O3S. The summed E-state index contributed by atoms with van der Waals surface area (Å²) in [4.78, 5) is 22.3. The molecule has 144 valence electrons. The molecule has 0 saturated carbocycles. The molecule has 8 heteroatoms. The Bertz CT molecular complexity index is 954. The molecular weight excluding hydrogens is 369 g/mol. The Morgan fingerprint density at radius 1 is 1.30 bits per heavy atom. The predicted octanol–water partition coefficient (Wildman–Crippen LogP) is 2.42. The number of aryl methyl sites for hydroxylation is 1. The van der Waals surface area contributed by atoms with E-state index in [9.17, 15) is 17.6 Å². The van der Waals surface area contributed by atoms with Gasteiger partial charge in [0, 0.05) is 25.5 Å². The first-order valence-electron chi connectivity index (χ1n) is 8.81. The number of sulfone groups is 1. The number of piperidine rings is 1. The summed E-state index contributed by atoms with van der Waals surface area (Å²) in [7, 11) is -3.58. The Morgan fingerprint density at radius 2 is 2.00 bits per heavy atom. The van der Waals surface area contributed by atoms with Crippen molar-refractivity contribution in [3.63, 3.8) is 0 Å². The fourth-order valence-electron chi connectivity index (χ4n) is 3.31. The number of halogens is 1. The molecule has 27 heavy (non-hydrogen) atoms. The van der Waals surface area contributed by atoms with Crippen molar-refractivity contribution < 1.29 is 17.6 Å². The van der Waals surface area contributed by atoms with Crippen LogP contribution < -0.4 is 0 Å². The first kappa shape index (κ1) is 19.4. The van der Waals surface area contributed by atoms with Gasteiger partial charge in [0.05, 0.1) is 0 Å². The molecule has 1 aliphatic rings. The minimum Gasteiger partial charge on any atom is -0.337 e. The zero-order chi connectivity index (χ0) is 19.6. The summed E-state index contributed by atoms with van der Waals surface area (Å²) in [5.74, 6) is -0.126. The van der Waals surface area contributed by atoms with Crippen LogP contribution in [0.1, 0.15) is 34.5 Å². The number of aromatic nitrogens is 2. The minimum absolute atomic E-state index is 0.133. The van der Waals surface area contributed by atoms with Crippen molar-refractivity contribution in [2.45, 2.75) is 31.3 Å². The van der Waals surface area contributed by atoms with E-state index in [1.54, 1.807) is 24.0 Å². The highest BCUT2D eigenvalue weighted by molar-refractivity contribution is 7.90. The molecule has 1 fully saturated rings. The van der Waals surface area contributed by atoms with Gasteiger partial charge < -0.3 is 4.90 Å². The lowest BCUT2D eigenvalue weighted by Crippen LogP contribution is -2.39. The van der Waals surface area contributed by atoms with Crippen LogP contribution in [0.4, 0.5) is 4.39 Å². The summed E-state index contributed by atoms with van der Waals surface area (Å²) in [5.41, 5.74) is 1.65. The third-order valence-electron chi connectivity index (χ3n) is 4.80. The Labute approximate surface area is 158 Å². The van der Waals surface area contributed by atoms with Crippen molar-refractivity contribution >= 4 is 15.7 Å². The largest absolute Gasteiger partial charge is 0.337 e. The van der Waals surface area contributed by atoms with Crippen molar-refractivity contribution in [1.82, 2.24) is 14.9 Å². The highest BCUT2D eigenvalue weighted by atomic mass is 32.2. The highest BCUT2D eigenvalue weighted by Crippen LogP contribution is 2.23. The van der Waals surface area contributed by atoms with E-state index in [0.29, 0.717) is 24.6 Å². The van der Waals surface area contributed by atoms with Crippen LogP contribution >= 0.6 is 0 Å². The molecule has 0 aliphatic carbocycles. The zero-order valence-electron chi connectivity index (χ0n) is 15.4. The summed E-state index contributed by atoms with van der Waals surface area (Å²) in [6.07, 6.45) is 4.79. The second-order valence-electron chi connectivity index (χ2n) is 7.03. The van der Waals surface area contributed by atoms with Crippen LogP contribution in [0.15, 0.2) is 35.6 Å². The lowest BCUT2D eigenvalue weighted by atomic mass is 9.90. The summed E-state index contributed by atoms with van der Waals surface area (Å²) in [6, 6.07) is 6.60. The molecule has 6 nitrogen and oxygen atoms in total. The van der Waals surface area contributed by atoms with E-state index in [1.165, 1.54) is 12.3 Å². The first-order valence-corrected chi connectivity index (χ1v) is 10.7.